The van der Waals surface area contributed by atoms with Crippen LogP contribution in [-0.2, 0) is 26.5 Å². The maximum atomic E-state index is 12.7. The second kappa shape index (κ2) is 9.47. The molecule has 1 aliphatic rings. The fourth-order valence-electron chi connectivity index (χ4n) is 3.16. The molecule has 1 aromatic heterocycles. The molecule has 1 amide bonds. The van der Waals surface area contributed by atoms with Gasteiger partial charge >= 0.3 is 6.09 Å². The van der Waals surface area contributed by atoms with E-state index >= 15 is 0 Å². The van der Waals surface area contributed by atoms with Gasteiger partial charge in [-0.3, -0.25) is 28.6 Å². The number of carbonyl (C=O) groups is 3. The monoisotopic (exact) mass is 421 g/mol. The van der Waals surface area contributed by atoms with Crippen molar-refractivity contribution in [3.8, 4) is 0 Å². The Bertz CT molecular complexity index is 903. The minimum atomic E-state index is -2.61. The first-order valence-corrected chi connectivity index (χ1v) is 9.31. The fourth-order valence-corrected chi connectivity index (χ4v) is 3.16. The van der Waals surface area contributed by atoms with Crippen LogP contribution in [0, 0.1) is 0 Å². The number of ether oxygens (including phenoxy) is 1. The third-order valence-electron chi connectivity index (χ3n) is 4.34. The van der Waals surface area contributed by atoms with E-state index in [1.165, 1.54) is 11.8 Å². The van der Waals surface area contributed by atoms with Crippen molar-refractivity contribution < 1.29 is 32.4 Å². The number of benzene rings is 1. The molecule has 1 fully saturated rings. The Labute approximate surface area is 168 Å². The van der Waals surface area contributed by atoms with Crippen LogP contribution in [0.25, 0.3) is 0 Å². The molecule has 0 aliphatic carbocycles. The van der Waals surface area contributed by atoms with Gasteiger partial charge in [-0.1, -0.05) is 30.3 Å². The zero-order chi connectivity index (χ0) is 21.6. The predicted molar refractivity (Wildman–Crippen MR) is 102 cm³/mol. The van der Waals surface area contributed by atoms with Crippen LogP contribution in [0.2, 0.25) is 0 Å². The smallest absolute Gasteiger partial charge is 0.412 e. The molecule has 2 aromatic rings. The molecule has 0 saturated carbocycles. The zero-order valence-electron chi connectivity index (χ0n) is 15.3. The highest BCUT2D eigenvalue weighted by Crippen LogP contribution is 2.48. The molecule has 1 aromatic carbocycles. The summed E-state index contributed by atoms with van der Waals surface area (Å²) in [5, 5.41) is 0. The first-order valence-electron chi connectivity index (χ1n) is 8.25. The van der Waals surface area contributed by atoms with Gasteiger partial charge < -0.3 is 10.5 Å². The highest BCUT2D eigenvalue weighted by atomic mass is 32.2. The number of aldehydes is 1. The lowest BCUT2D eigenvalue weighted by Gasteiger charge is -2.32. The lowest BCUT2D eigenvalue weighted by molar-refractivity contribution is -0.135. The summed E-state index contributed by atoms with van der Waals surface area (Å²) in [6.07, 6.45) is 1.59. The van der Waals surface area contributed by atoms with Crippen LogP contribution in [0.4, 0.5) is 4.79 Å². The maximum absolute atomic E-state index is 12.7. The van der Waals surface area contributed by atoms with Crippen LogP contribution in [0.5, 0.6) is 0 Å². The zero-order valence-corrected chi connectivity index (χ0v) is 16.1. The molecule has 4 N–H and O–H groups in total. The van der Waals surface area contributed by atoms with Crippen LogP contribution in [-0.4, -0.2) is 48.0 Å². The normalized spacial score (nSPS) is 20.7. The van der Waals surface area contributed by atoms with Crippen molar-refractivity contribution in [1.29, 1.82) is 0 Å². The quantitative estimate of drug-likeness (QED) is 0.479. The summed E-state index contributed by atoms with van der Waals surface area (Å²) in [6, 6.07) is 10.8. The number of hydrogen-bond donors (Lipinski definition) is 3. The Kier molecular flexibility index (Phi) is 7.29. The standard InChI is InChI=1S/C18H17N3O4.H2O3S/c1-12(23)18(14-7-5-13(10-22)6-8-14)16(15-4-2-3-9-20-15)21(11-19)17(24)25-18;1-4(2)3/h2-10,16H,11,19H2,1H3;(H2,1,2,3). The van der Waals surface area contributed by atoms with Crippen molar-refractivity contribution in [3.05, 3.63) is 65.5 Å². The van der Waals surface area contributed by atoms with Crippen LogP contribution < -0.4 is 5.73 Å². The number of carbonyl (C=O) groups excluding carboxylic acids is 3. The van der Waals surface area contributed by atoms with E-state index in [4.69, 9.17) is 23.8 Å². The molecule has 0 radical (unpaired) electrons. The molecular formula is C18H19N3O7S. The maximum Gasteiger partial charge on any atom is 0.412 e. The molecule has 11 heteroatoms. The molecule has 0 bridgehead atoms. The summed E-state index contributed by atoms with van der Waals surface area (Å²) in [7, 11) is 0. The van der Waals surface area contributed by atoms with E-state index in [2.05, 4.69) is 4.98 Å². The highest BCUT2D eigenvalue weighted by Gasteiger charge is 2.59. The number of Topliss-reactive ketones (excluding diaryl/α,β-unsaturated/α-hetero) is 1. The van der Waals surface area contributed by atoms with Crippen molar-refractivity contribution in [2.24, 2.45) is 5.73 Å². The summed E-state index contributed by atoms with van der Waals surface area (Å²) in [6.45, 7) is 1.23. The van der Waals surface area contributed by atoms with Crippen molar-refractivity contribution >= 4 is 29.5 Å². The SMILES string of the molecule is CC(=O)C1(c2ccc(C=O)cc2)OC(=O)N(CN)C1c1ccccn1.O=S(O)O. The molecule has 154 valence electrons. The minimum absolute atomic E-state index is 0.123. The van der Waals surface area contributed by atoms with Gasteiger partial charge in [0, 0.05) is 17.3 Å². The van der Waals surface area contributed by atoms with Crippen molar-refractivity contribution in [3.63, 3.8) is 0 Å². The topological polar surface area (TPSA) is 160 Å². The number of pyridine rings is 1. The van der Waals surface area contributed by atoms with Crippen LogP contribution in [0.3, 0.4) is 0 Å². The molecule has 2 unspecified atom stereocenters. The van der Waals surface area contributed by atoms with Gasteiger partial charge in [-0.2, -0.15) is 4.21 Å². The predicted octanol–water partition coefficient (Wildman–Crippen LogP) is 1.47. The number of aromatic nitrogens is 1. The van der Waals surface area contributed by atoms with Gasteiger partial charge in [-0.15, -0.1) is 0 Å². The van der Waals surface area contributed by atoms with Crippen LogP contribution in [0.15, 0.2) is 48.7 Å². The summed E-state index contributed by atoms with van der Waals surface area (Å²) in [5.74, 6) is -0.355. The van der Waals surface area contributed by atoms with Crippen molar-refractivity contribution in [2.75, 3.05) is 6.67 Å². The lowest BCUT2D eigenvalue weighted by atomic mass is 9.81. The number of nitrogens with zero attached hydrogens (tertiary/aromatic N) is 2. The molecule has 2 atom stereocenters. The van der Waals surface area contributed by atoms with E-state index in [0.717, 1.165) is 0 Å². The van der Waals surface area contributed by atoms with Gasteiger partial charge in [0.1, 0.15) is 12.3 Å². The molecule has 1 saturated heterocycles. The molecule has 1 aliphatic heterocycles. The van der Waals surface area contributed by atoms with E-state index < -0.39 is 29.1 Å². The molecule has 10 nitrogen and oxygen atoms in total. The van der Waals surface area contributed by atoms with Gasteiger partial charge in [-0.25, -0.2) is 4.79 Å². The van der Waals surface area contributed by atoms with E-state index in [1.54, 1.807) is 48.7 Å². The van der Waals surface area contributed by atoms with E-state index in [9.17, 15) is 14.4 Å². The fraction of sp³-hybridized carbons (Fsp3) is 0.222. The third-order valence-corrected chi connectivity index (χ3v) is 4.34. The van der Waals surface area contributed by atoms with Crippen LogP contribution >= 0.6 is 0 Å². The Morgan fingerprint density at radius 2 is 1.93 bits per heavy atom. The third kappa shape index (κ3) is 4.54. The number of ketones is 1. The number of cyclic esters (lactones) is 1. The summed E-state index contributed by atoms with van der Waals surface area (Å²) < 4.78 is 28.4. The summed E-state index contributed by atoms with van der Waals surface area (Å²) in [4.78, 5) is 41.5. The van der Waals surface area contributed by atoms with Crippen molar-refractivity contribution in [1.82, 2.24) is 9.88 Å². The largest absolute Gasteiger partial charge is 0.427 e. The van der Waals surface area contributed by atoms with E-state index in [1.807, 2.05) is 0 Å². The summed E-state index contributed by atoms with van der Waals surface area (Å²) in [5.41, 5.74) is 5.57. The van der Waals surface area contributed by atoms with E-state index in [-0.39, 0.29) is 12.5 Å². The Hall–Kier alpha value is -2.99. The number of hydrogen-bond acceptors (Lipinski definition) is 7. The summed E-state index contributed by atoms with van der Waals surface area (Å²) >= 11 is -2.61. The van der Waals surface area contributed by atoms with E-state index in [0.29, 0.717) is 23.1 Å². The molecular weight excluding hydrogens is 402 g/mol. The van der Waals surface area contributed by atoms with Crippen molar-refractivity contribution in [2.45, 2.75) is 18.6 Å². The number of amides is 1. The van der Waals surface area contributed by atoms with Gasteiger partial charge in [-0.05, 0) is 19.1 Å². The molecule has 29 heavy (non-hydrogen) atoms. The number of rotatable bonds is 5. The first-order chi connectivity index (χ1) is 13.8. The Morgan fingerprint density at radius 1 is 1.31 bits per heavy atom. The highest BCUT2D eigenvalue weighted by molar-refractivity contribution is 7.73. The van der Waals surface area contributed by atoms with Gasteiger partial charge in [0.15, 0.2) is 5.78 Å². The second-order valence-corrected chi connectivity index (χ2v) is 6.40. The van der Waals surface area contributed by atoms with Gasteiger partial charge in [0.05, 0.1) is 12.4 Å². The average molecular weight is 421 g/mol. The molecule has 3 rings (SSSR count). The average Bonchev–Trinajstić information content (AvgIpc) is 3.01. The first kappa shape index (κ1) is 22.3. The minimum Gasteiger partial charge on any atom is -0.427 e. The van der Waals surface area contributed by atoms with Crippen LogP contribution in [0.1, 0.15) is 34.6 Å². The van der Waals surface area contributed by atoms with Gasteiger partial charge in [0.25, 0.3) is 11.4 Å². The Balaban J connectivity index is 0.000000687. The lowest BCUT2D eigenvalue weighted by Crippen LogP contribution is -2.43. The number of nitrogens with two attached hydrogens (primary N) is 1. The van der Waals surface area contributed by atoms with Gasteiger partial charge in [0.2, 0.25) is 5.60 Å². The molecule has 2 heterocycles. The second-order valence-electron chi connectivity index (χ2n) is 5.94. The Morgan fingerprint density at radius 3 is 2.38 bits per heavy atom. The molecule has 0 spiro atoms.